The Morgan fingerprint density at radius 1 is 1.69 bits per heavy atom. The molecule has 0 aliphatic carbocycles. The highest BCUT2D eigenvalue weighted by molar-refractivity contribution is 5.75. The minimum atomic E-state index is -0.764. The third kappa shape index (κ3) is 1.22. The molecular formula is C9H12N2O2. The van der Waals surface area contributed by atoms with E-state index in [1.54, 1.807) is 6.20 Å². The van der Waals surface area contributed by atoms with Crippen molar-refractivity contribution < 1.29 is 9.90 Å². The predicted octanol–water partition coefficient (Wildman–Crippen LogP) is 1.41. The first-order valence-electron chi connectivity index (χ1n) is 4.45. The first-order valence-corrected chi connectivity index (χ1v) is 4.45. The summed E-state index contributed by atoms with van der Waals surface area (Å²) >= 11 is 0. The number of carboxylic acid groups (broad SMARTS) is 1. The van der Waals surface area contributed by atoms with Crippen molar-refractivity contribution in [1.82, 2.24) is 9.55 Å². The van der Waals surface area contributed by atoms with Crippen LogP contribution in [0.3, 0.4) is 0 Å². The molecule has 0 fully saturated rings. The topological polar surface area (TPSA) is 55.1 Å². The van der Waals surface area contributed by atoms with Crippen LogP contribution in [0.5, 0.6) is 0 Å². The first-order chi connectivity index (χ1) is 6.20. The van der Waals surface area contributed by atoms with Crippen LogP contribution in [0.1, 0.15) is 37.5 Å². The van der Waals surface area contributed by atoms with Crippen LogP contribution in [0.15, 0.2) is 12.4 Å². The lowest BCUT2D eigenvalue weighted by molar-refractivity contribution is -0.139. The van der Waals surface area contributed by atoms with Gasteiger partial charge in [0.15, 0.2) is 0 Å². The van der Waals surface area contributed by atoms with Crippen molar-refractivity contribution in [3.05, 3.63) is 18.2 Å². The van der Waals surface area contributed by atoms with Crippen molar-refractivity contribution in [2.45, 2.75) is 31.7 Å². The van der Waals surface area contributed by atoms with Gasteiger partial charge in [0, 0.05) is 18.4 Å². The van der Waals surface area contributed by atoms with E-state index in [0.717, 1.165) is 6.42 Å². The highest BCUT2D eigenvalue weighted by atomic mass is 16.4. The van der Waals surface area contributed by atoms with Crippen molar-refractivity contribution >= 4 is 5.97 Å². The number of nitrogens with zero attached hydrogens (tertiary/aromatic N) is 2. The zero-order valence-corrected chi connectivity index (χ0v) is 7.47. The Labute approximate surface area is 76.2 Å². The van der Waals surface area contributed by atoms with Crippen molar-refractivity contribution in [3.8, 4) is 0 Å². The van der Waals surface area contributed by atoms with Gasteiger partial charge in [-0.1, -0.05) is 0 Å². The maximum Gasteiger partial charge on any atom is 0.314 e. The summed E-state index contributed by atoms with van der Waals surface area (Å²) in [5, 5.41) is 8.94. The Morgan fingerprint density at radius 2 is 2.46 bits per heavy atom. The summed E-state index contributed by atoms with van der Waals surface area (Å²) in [7, 11) is 0. The molecule has 0 saturated heterocycles. The molecule has 2 atom stereocenters. The number of imidazole rings is 1. The second kappa shape index (κ2) is 2.87. The summed E-state index contributed by atoms with van der Waals surface area (Å²) in [4.78, 5) is 15.0. The molecule has 70 valence electrons. The largest absolute Gasteiger partial charge is 0.481 e. The minimum Gasteiger partial charge on any atom is -0.481 e. The quantitative estimate of drug-likeness (QED) is 0.710. The fourth-order valence-electron chi connectivity index (χ4n) is 1.88. The molecule has 1 aliphatic heterocycles. The number of rotatable bonds is 1. The van der Waals surface area contributed by atoms with Gasteiger partial charge >= 0.3 is 5.97 Å². The summed E-state index contributed by atoms with van der Waals surface area (Å²) in [5.41, 5.74) is 0. The van der Waals surface area contributed by atoms with Gasteiger partial charge in [-0.2, -0.15) is 0 Å². The molecule has 0 amide bonds. The number of carbonyl (C=O) groups is 1. The molecule has 4 heteroatoms. The average Bonchev–Trinajstić information content (AvgIpc) is 2.53. The second-order valence-corrected chi connectivity index (χ2v) is 3.51. The van der Waals surface area contributed by atoms with E-state index in [4.69, 9.17) is 5.11 Å². The van der Waals surface area contributed by atoms with Crippen LogP contribution < -0.4 is 0 Å². The van der Waals surface area contributed by atoms with Crippen LogP contribution in [-0.4, -0.2) is 20.6 Å². The summed E-state index contributed by atoms with van der Waals surface area (Å²) < 4.78 is 1.96. The van der Waals surface area contributed by atoms with Crippen molar-refractivity contribution in [3.63, 3.8) is 0 Å². The lowest BCUT2D eigenvalue weighted by atomic mass is 9.95. The van der Waals surface area contributed by atoms with Gasteiger partial charge in [0.2, 0.25) is 0 Å². The maximum atomic E-state index is 10.9. The molecule has 1 aliphatic rings. The zero-order chi connectivity index (χ0) is 9.42. The second-order valence-electron chi connectivity index (χ2n) is 3.51. The van der Waals surface area contributed by atoms with Crippen LogP contribution in [0.2, 0.25) is 0 Å². The number of hydrogen-bond acceptors (Lipinski definition) is 2. The fourth-order valence-corrected chi connectivity index (χ4v) is 1.88. The van der Waals surface area contributed by atoms with E-state index in [0.29, 0.717) is 18.3 Å². The van der Waals surface area contributed by atoms with Crippen molar-refractivity contribution in [2.75, 3.05) is 0 Å². The van der Waals surface area contributed by atoms with Gasteiger partial charge in [0.25, 0.3) is 0 Å². The summed E-state index contributed by atoms with van der Waals surface area (Å²) in [6.07, 6.45) is 5.15. The molecule has 2 rings (SSSR count). The monoisotopic (exact) mass is 180 g/mol. The smallest absolute Gasteiger partial charge is 0.314 e. The van der Waals surface area contributed by atoms with E-state index in [-0.39, 0.29) is 0 Å². The average molecular weight is 180 g/mol. The predicted molar refractivity (Wildman–Crippen MR) is 46.5 cm³/mol. The number of carboxylic acids is 1. The van der Waals surface area contributed by atoms with E-state index in [1.165, 1.54) is 0 Å². The molecule has 0 spiro atoms. The minimum absolute atomic E-state index is 0.382. The number of fused-ring (bicyclic) bond motifs is 1. The first kappa shape index (κ1) is 8.29. The third-order valence-electron chi connectivity index (χ3n) is 2.66. The van der Waals surface area contributed by atoms with Gasteiger partial charge in [-0.3, -0.25) is 4.79 Å². The van der Waals surface area contributed by atoms with Crippen molar-refractivity contribution in [2.24, 2.45) is 0 Å². The summed E-state index contributed by atoms with van der Waals surface area (Å²) in [6.45, 7) is 2.09. The van der Waals surface area contributed by atoms with Gasteiger partial charge in [0.1, 0.15) is 11.7 Å². The van der Waals surface area contributed by atoms with E-state index in [1.807, 2.05) is 10.8 Å². The molecule has 0 unspecified atom stereocenters. The third-order valence-corrected chi connectivity index (χ3v) is 2.66. The van der Waals surface area contributed by atoms with Crippen molar-refractivity contribution in [1.29, 1.82) is 0 Å². The molecule has 1 aromatic rings. The Bertz CT molecular complexity index is 332. The van der Waals surface area contributed by atoms with Gasteiger partial charge in [0.05, 0.1) is 0 Å². The molecule has 13 heavy (non-hydrogen) atoms. The van der Waals surface area contributed by atoms with Gasteiger partial charge in [-0.05, 0) is 19.8 Å². The Kier molecular flexibility index (Phi) is 1.83. The van der Waals surface area contributed by atoms with E-state index >= 15 is 0 Å². The zero-order valence-electron chi connectivity index (χ0n) is 7.47. The van der Waals surface area contributed by atoms with Gasteiger partial charge in [-0.15, -0.1) is 0 Å². The molecule has 2 heterocycles. The summed E-state index contributed by atoms with van der Waals surface area (Å²) in [6, 6.07) is 0.382. The van der Waals surface area contributed by atoms with Crippen LogP contribution in [-0.2, 0) is 4.79 Å². The number of aromatic nitrogens is 2. The number of aliphatic carboxylic acids is 1. The van der Waals surface area contributed by atoms with Crippen LogP contribution >= 0.6 is 0 Å². The molecule has 4 nitrogen and oxygen atoms in total. The molecule has 0 aromatic carbocycles. The Balaban J connectivity index is 2.40. The molecule has 1 N–H and O–H groups in total. The maximum absolute atomic E-state index is 10.9. The SMILES string of the molecule is C[C@H]1CC[C@H](C(=O)O)c2nccn21. The number of hydrogen-bond donors (Lipinski definition) is 1. The van der Waals surface area contributed by atoms with E-state index < -0.39 is 11.9 Å². The molecule has 0 saturated carbocycles. The lowest BCUT2D eigenvalue weighted by Crippen LogP contribution is -2.24. The Morgan fingerprint density at radius 3 is 3.15 bits per heavy atom. The van der Waals surface area contributed by atoms with Crippen LogP contribution in [0.4, 0.5) is 0 Å². The molecule has 0 radical (unpaired) electrons. The highest BCUT2D eigenvalue weighted by Gasteiger charge is 2.30. The summed E-state index contributed by atoms with van der Waals surface area (Å²) in [5.74, 6) is -0.475. The molecule has 1 aromatic heterocycles. The van der Waals surface area contributed by atoms with E-state index in [9.17, 15) is 4.79 Å². The van der Waals surface area contributed by atoms with Crippen LogP contribution in [0, 0.1) is 0 Å². The highest BCUT2D eigenvalue weighted by Crippen LogP contribution is 2.31. The van der Waals surface area contributed by atoms with Gasteiger partial charge in [-0.25, -0.2) is 4.98 Å². The molecule has 0 bridgehead atoms. The van der Waals surface area contributed by atoms with Gasteiger partial charge < -0.3 is 9.67 Å². The fraction of sp³-hybridized carbons (Fsp3) is 0.556. The standard InChI is InChI=1S/C9H12N2O2/c1-6-2-3-7(9(12)13)8-10-4-5-11(6)8/h4-7H,2-3H2,1H3,(H,12,13)/t6-,7-/m0/s1. The lowest BCUT2D eigenvalue weighted by Gasteiger charge is -2.25. The van der Waals surface area contributed by atoms with Crippen LogP contribution in [0.25, 0.3) is 0 Å². The van der Waals surface area contributed by atoms with E-state index in [2.05, 4.69) is 11.9 Å². The normalized spacial score (nSPS) is 26.8. The Hall–Kier alpha value is -1.32. The molecular weight excluding hydrogens is 168 g/mol.